The van der Waals surface area contributed by atoms with Gasteiger partial charge in [-0.05, 0) is 24.6 Å². The molecule has 0 aromatic heterocycles. The zero-order valence-electron chi connectivity index (χ0n) is 13.9. The van der Waals surface area contributed by atoms with Crippen LogP contribution in [0.15, 0.2) is 29.4 Å². The average molecular weight is 366 g/mol. The van der Waals surface area contributed by atoms with Crippen LogP contribution >= 0.6 is 11.6 Å². The third kappa shape index (κ3) is 4.29. The monoisotopic (exact) mass is 365 g/mol. The summed E-state index contributed by atoms with van der Waals surface area (Å²) in [5.41, 5.74) is 1.54. The lowest BCUT2D eigenvalue weighted by Crippen LogP contribution is -2.52. The van der Waals surface area contributed by atoms with E-state index in [1.54, 1.807) is 24.0 Å². The van der Waals surface area contributed by atoms with Gasteiger partial charge < -0.3 is 19.8 Å². The largest absolute Gasteiger partial charge is 0.382 e. The van der Waals surface area contributed by atoms with E-state index in [1.807, 2.05) is 12.1 Å². The summed E-state index contributed by atoms with van der Waals surface area (Å²) in [5.74, 6) is -0.463. The SMILES string of the molecule is CC(NC(=O)C1CC(c2ccc(Cl)cc2)=NO1)C(=O)N1CCOCC1. The van der Waals surface area contributed by atoms with Gasteiger partial charge in [0.1, 0.15) is 6.04 Å². The Morgan fingerprint density at radius 2 is 1.96 bits per heavy atom. The van der Waals surface area contributed by atoms with Crippen LogP contribution in [-0.4, -0.2) is 60.9 Å². The Balaban J connectivity index is 1.52. The number of nitrogens with one attached hydrogen (secondary N) is 1. The second-order valence-corrected chi connectivity index (χ2v) is 6.45. The molecule has 1 N–H and O–H groups in total. The smallest absolute Gasteiger partial charge is 0.264 e. The number of morpholine rings is 1. The van der Waals surface area contributed by atoms with E-state index in [9.17, 15) is 9.59 Å². The molecule has 134 valence electrons. The summed E-state index contributed by atoms with van der Waals surface area (Å²) in [7, 11) is 0. The third-order valence-electron chi connectivity index (χ3n) is 4.19. The maximum atomic E-state index is 12.3. The summed E-state index contributed by atoms with van der Waals surface area (Å²) < 4.78 is 5.23. The zero-order valence-corrected chi connectivity index (χ0v) is 14.7. The molecule has 2 atom stereocenters. The Morgan fingerprint density at radius 3 is 2.64 bits per heavy atom. The van der Waals surface area contributed by atoms with Gasteiger partial charge in [-0.25, -0.2) is 0 Å². The van der Waals surface area contributed by atoms with Gasteiger partial charge in [-0.2, -0.15) is 0 Å². The highest BCUT2D eigenvalue weighted by molar-refractivity contribution is 6.30. The van der Waals surface area contributed by atoms with Gasteiger partial charge in [0.05, 0.1) is 18.9 Å². The summed E-state index contributed by atoms with van der Waals surface area (Å²) in [6.45, 7) is 3.81. The molecule has 0 aliphatic carbocycles. The first-order valence-corrected chi connectivity index (χ1v) is 8.58. The normalized spacial score (nSPS) is 21.3. The van der Waals surface area contributed by atoms with Crippen molar-refractivity contribution in [2.45, 2.75) is 25.5 Å². The molecule has 1 aromatic carbocycles. The Kier molecular flexibility index (Phi) is 5.55. The van der Waals surface area contributed by atoms with Crippen molar-refractivity contribution in [3.8, 4) is 0 Å². The number of oxime groups is 1. The first-order valence-electron chi connectivity index (χ1n) is 8.20. The lowest BCUT2D eigenvalue weighted by molar-refractivity contribution is -0.141. The van der Waals surface area contributed by atoms with Gasteiger partial charge >= 0.3 is 0 Å². The van der Waals surface area contributed by atoms with E-state index in [2.05, 4.69) is 10.5 Å². The number of halogens is 1. The molecule has 3 rings (SSSR count). The number of ether oxygens (including phenoxy) is 1. The fourth-order valence-corrected chi connectivity index (χ4v) is 2.88. The van der Waals surface area contributed by atoms with Crippen molar-refractivity contribution in [2.75, 3.05) is 26.3 Å². The fourth-order valence-electron chi connectivity index (χ4n) is 2.76. The van der Waals surface area contributed by atoms with E-state index >= 15 is 0 Å². The number of benzene rings is 1. The Morgan fingerprint density at radius 1 is 1.28 bits per heavy atom. The van der Waals surface area contributed by atoms with Crippen LogP contribution in [0.25, 0.3) is 0 Å². The first-order chi connectivity index (χ1) is 12.0. The molecule has 1 aromatic rings. The Hall–Kier alpha value is -2.12. The number of carbonyl (C=O) groups excluding carboxylic acids is 2. The second-order valence-electron chi connectivity index (χ2n) is 6.01. The molecule has 7 nitrogen and oxygen atoms in total. The maximum absolute atomic E-state index is 12.3. The van der Waals surface area contributed by atoms with Gasteiger partial charge in [-0.1, -0.05) is 28.9 Å². The molecule has 0 bridgehead atoms. The van der Waals surface area contributed by atoms with E-state index < -0.39 is 12.1 Å². The lowest BCUT2D eigenvalue weighted by atomic mass is 10.0. The standard InChI is InChI=1S/C17H20ClN3O4/c1-11(17(23)21-6-8-24-9-7-21)19-16(22)15-10-14(20-25-15)12-2-4-13(18)5-3-12/h2-5,11,15H,6-10H2,1H3,(H,19,22). The molecular weight excluding hydrogens is 346 g/mol. The van der Waals surface area contributed by atoms with E-state index in [-0.39, 0.29) is 11.8 Å². The van der Waals surface area contributed by atoms with Gasteiger partial charge in [-0.3, -0.25) is 9.59 Å². The van der Waals surface area contributed by atoms with Crippen LogP contribution < -0.4 is 5.32 Å². The van der Waals surface area contributed by atoms with E-state index in [0.29, 0.717) is 43.5 Å². The third-order valence-corrected chi connectivity index (χ3v) is 4.44. The summed E-state index contributed by atoms with van der Waals surface area (Å²) in [5, 5.41) is 7.32. The van der Waals surface area contributed by atoms with E-state index in [1.165, 1.54) is 0 Å². The molecular formula is C17H20ClN3O4. The predicted octanol–water partition coefficient (Wildman–Crippen LogP) is 1.20. The number of amides is 2. The second kappa shape index (κ2) is 7.84. The fraction of sp³-hybridized carbons (Fsp3) is 0.471. The van der Waals surface area contributed by atoms with Crippen molar-refractivity contribution in [1.82, 2.24) is 10.2 Å². The van der Waals surface area contributed by atoms with Gasteiger partial charge in [0, 0.05) is 24.5 Å². The molecule has 2 amide bonds. The minimum Gasteiger partial charge on any atom is -0.382 e. The highest BCUT2D eigenvalue weighted by atomic mass is 35.5. The van der Waals surface area contributed by atoms with E-state index in [0.717, 1.165) is 5.56 Å². The number of rotatable bonds is 4. The summed E-state index contributed by atoms with van der Waals surface area (Å²) in [6.07, 6.45) is -0.378. The molecule has 2 aliphatic rings. The van der Waals surface area contributed by atoms with Crippen LogP contribution in [-0.2, 0) is 19.2 Å². The van der Waals surface area contributed by atoms with Crippen molar-refractivity contribution >= 4 is 29.1 Å². The average Bonchev–Trinajstić information content (AvgIpc) is 3.12. The van der Waals surface area contributed by atoms with Crippen molar-refractivity contribution in [3.05, 3.63) is 34.9 Å². The molecule has 0 radical (unpaired) electrons. The van der Waals surface area contributed by atoms with Crippen LogP contribution in [0.3, 0.4) is 0 Å². The molecule has 2 unspecified atom stereocenters. The quantitative estimate of drug-likeness (QED) is 0.869. The Bertz CT molecular complexity index is 671. The maximum Gasteiger partial charge on any atom is 0.264 e. The molecule has 2 aliphatic heterocycles. The minimum atomic E-state index is -0.731. The van der Waals surface area contributed by atoms with Crippen molar-refractivity contribution in [2.24, 2.45) is 5.16 Å². The minimum absolute atomic E-state index is 0.117. The summed E-state index contributed by atoms with van der Waals surface area (Å²) in [6, 6.07) is 6.56. The molecule has 0 saturated carbocycles. The van der Waals surface area contributed by atoms with Crippen LogP contribution in [0.4, 0.5) is 0 Å². The van der Waals surface area contributed by atoms with Crippen LogP contribution in [0.5, 0.6) is 0 Å². The van der Waals surface area contributed by atoms with Crippen LogP contribution in [0.1, 0.15) is 18.9 Å². The molecule has 8 heteroatoms. The Labute approximate surface area is 150 Å². The van der Waals surface area contributed by atoms with Gasteiger partial charge in [0.2, 0.25) is 12.0 Å². The van der Waals surface area contributed by atoms with Crippen molar-refractivity contribution in [3.63, 3.8) is 0 Å². The first kappa shape index (κ1) is 17.7. The highest BCUT2D eigenvalue weighted by Gasteiger charge is 2.32. The molecule has 25 heavy (non-hydrogen) atoms. The zero-order chi connectivity index (χ0) is 17.8. The van der Waals surface area contributed by atoms with Gasteiger partial charge in [-0.15, -0.1) is 0 Å². The molecule has 1 fully saturated rings. The molecule has 2 heterocycles. The highest BCUT2D eigenvalue weighted by Crippen LogP contribution is 2.19. The van der Waals surface area contributed by atoms with Crippen molar-refractivity contribution < 1.29 is 19.2 Å². The summed E-state index contributed by atoms with van der Waals surface area (Å²) >= 11 is 5.87. The topological polar surface area (TPSA) is 80.2 Å². The lowest BCUT2D eigenvalue weighted by Gasteiger charge is -2.29. The number of carbonyl (C=O) groups is 2. The van der Waals surface area contributed by atoms with Crippen LogP contribution in [0.2, 0.25) is 5.02 Å². The molecule has 0 spiro atoms. The molecule has 1 saturated heterocycles. The van der Waals surface area contributed by atoms with Crippen molar-refractivity contribution in [1.29, 1.82) is 0 Å². The van der Waals surface area contributed by atoms with Crippen LogP contribution in [0, 0.1) is 0 Å². The number of nitrogens with zero attached hydrogens (tertiary/aromatic N) is 2. The predicted molar refractivity (Wildman–Crippen MR) is 92.5 cm³/mol. The van der Waals surface area contributed by atoms with Gasteiger partial charge in [0.15, 0.2) is 0 Å². The number of hydrogen-bond acceptors (Lipinski definition) is 5. The number of hydrogen-bond donors (Lipinski definition) is 1. The van der Waals surface area contributed by atoms with Gasteiger partial charge in [0.25, 0.3) is 5.91 Å². The summed E-state index contributed by atoms with van der Waals surface area (Å²) in [4.78, 5) is 31.6. The van der Waals surface area contributed by atoms with E-state index in [4.69, 9.17) is 21.2 Å².